The van der Waals surface area contributed by atoms with Gasteiger partial charge < -0.3 is 14.6 Å². The predicted molar refractivity (Wildman–Crippen MR) is 103 cm³/mol. The fourth-order valence-electron chi connectivity index (χ4n) is 3.62. The Morgan fingerprint density at radius 3 is 2.52 bits per heavy atom. The van der Waals surface area contributed by atoms with Crippen molar-refractivity contribution in [2.24, 2.45) is 0 Å². The van der Waals surface area contributed by atoms with E-state index in [1.807, 2.05) is 49.4 Å². The fraction of sp³-hybridized carbons (Fsp3) is 0.174. The molecule has 0 radical (unpaired) electrons. The van der Waals surface area contributed by atoms with Crippen LogP contribution in [0.3, 0.4) is 0 Å². The lowest BCUT2D eigenvalue weighted by atomic mass is 9.82. The molecule has 0 amide bonds. The van der Waals surface area contributed by atoms with E-state index in [-0.39, 0.29) is 11.5 Å². The number of rotatable bonds is 4. The molecule has 3 aromatic carbocycles. The Morgan fingerprint density at radius 1 is 1.00 bits per heavy atom. The molecule has 4 rings (SSSR count). The maximum absolute atomic E-state index is 13.2. The predicted octanol–water partition coefficient (Wildman–Crippen LogP) is 4.42. The molecule has 0 aliphatic heterocycles. The van der Waals surface area contributed by atoms with E-state index >= 15 is 0 Å². The molecule has 0 aromatic heterocycles. The van der Waals surface area contributed by atoms with Gasteiger partial charge in [-0.2, -0.15) is 0 Å². The van der Waals surface area contributed by atoms with Crippen molar-refractivity contribution in [3.8, 4) is 17.2 Å². The van der Waals surface area contributed by atoms with Crippen LogP contribution < -0.4 is 9.47 Å². The summed E-state index contributed by atoms with van der Waals surface area (Å²) in [6.45, 7) is 2.36. The van der Waals surface area contributed by atoms with Gasteiger partial charge in [-0.3, -0.25) is 4.79 Å². The third-order valence-electron chi connectivity index (χ3n) is 4.85. The van der Waals surface area contributed by atoms with Crippen molar-refractivity contribution < 1.29 is 19.4 Å². The highest BCUT2D eigenvalue weighted by molar-refractivity contribution is 6.16. The molecule has 0 atom stereocenters. The van der Waals surface area contributed by atoms with Crippen LogP contribution in [0.2, 0.25) is 0 Å². The molecule has 0 fully saturated rings. The van der Waals surface area contributed by atoms with Gasteiger partial charge in [0.1, 0.15) is 23.9 Å². The minimum absolute atomic E-state index is 0.0314. The van der Waals surface area contributed by atoms with Crippen LogP contribution in [0.25, 0.3) is 0 Å². The monoisotopic (exact) mass is 360 g/mol. The number of fused-ring (bicyclic) bond motifs is 2. The first-order valence-corrected chi connectivity index (χ1v) is 8.82. The minimum atomic E-state index is -0.231. The number of phenols is 1. The largest absolute Gasteiger partial charge is 0.507 e. The highest BCUT2D eigenvalue weighted by atomic mass is 16.5. The number of aromatic hydroxyl groups is 1. The molecule has 4 nitrogen and oxygen atoms in total. The van der Waals surface area contributed by atoms with Gasteiger partial charge in [0.2, 0.25) is 5.78 Å². The number of ether oxygens (including phenoxy) is 2. The van der Waals surface area contributed by atoms with Crippen molar-refractivity contribution in [2.45, 2.75) is 20.0 Å². The van der Waals surface area contributed by atoms with E-state index in [2.05, 4.69) is 0 Å². The van der Waals surface area contributed by atoms with E-state index in [1.165, 1.54) is 6.07 Å². The zero-order valence-electron chi connectivity index (χ0n) is 15.3. The summed E-state index contributed by atoms with van der Waals surface area (Å²) in [4.78, 5) is 13.2. The summed E-state index contributed by atoms with van der Waals surface area (Å²) in [5.41, 5.74) is 4.48. The van der Waals surface area contributed by atoms with Gasteiger partial charge in [0.25, 0.3) is 0 Å². The maximum atomic E-state index is 13.2. The normalized spacial score (nSPS) is 12.3. The lowest BCUT2D eigenvalue weighted by Crippen LogP contribution is -2.18. The number of hydrogen-bond donors (Lipinski definition) is 1. The number of hydrogen-bond acceptors (Lipinski definition) is 4. The molecule has 0 spiro atoms. The SMILES string of the molecule is COc1ccc(O)c2c1Cc1cc(C)cc(OCc3ccccc3)c1C2=O. The summed E-state index contributed by atoms with van der Waals surface area (Å²) in [6, 6.07) is 16.9. The Kier molecular flexibility index (Phi) is 4.32. The second kappa shape index (κ2) is 6.80. The number of benzene rings is 3. The van der Waals surface area contributed by atoms with Crippen LogP contribution in [0.1, 0.15) is 38.2 Å². The van der Waals surface area contributed by atoms with Crippen molar-refractivity contribution in [3.05, 3.63) is 88.0 Å². The van der Waals surface area contributed by atoms with Gasteiger partial charge in [-0.15, -0.1) is 0 Å². The van der Waals surface area contributed by atoms with E-state index < -0.39 is 0 Å². The third kappa shape index (κ3) is 3.04. The van der Waals surface area contributed by atoms with Crippen molar-refractivity contribution in [1.82, 2.24) is 0 Å². The van der Waals surface area contributed by atoms with Gasteiger partial charge in [-0.25, -0.2) is 0 Å². The van der Waals surface area contributed by atoms with E-state index in [0.29, 0.717) is 35.7 Å². The second-order valence-electron chi connectivity index (χ2n) is 6.72. The average molecular weight is 360 g/mol. The number of ketones is 1. The molecule has 3 aromatic rings. The van der Waals surface area contributed by atoms with Gasteiger partial charge in [0.15, 0.2) is 0 Å². The van der Waals surface area contributed by atoms with E-state index in [4.69, 9.17) is 9.47 Å². The Bertz CT molecular complexity index is 1020. The quantitative estimate of drug-likeness (QED) is 0.585. The van der Waals surface area contributed by atoms with Gasteiger partial charge in [0.05, 0.1) is 18.2 Å². The highest BCUT2D eigenvalue weighted by Crippen LogP contribution is 2.41. The molecule has 1 aliphatic carbocycles. The number of aryl methyl sites for hydroxylation is 1. The summed E-state index contributed by atoms with van der Waals surface area (Å²) in [7, 11) is 1.57. The lowest BCUT2D eigenvalue weighted by Gasteiger charge is -2.24. The van der Waals surface area contributed by atoms with Gasteiger partial charge in [-0.1, -0.05) is 36.4 Å². The van der Waals surface area contributed by atoms with Crippen LogP contribution in [0.5, 0.6) is 17.2 Å². The van der Waals surface area contributed by atoms with Crippen LogP contribution in [-0.4, -0.2) is 18.0 Å². The number of carbonyl (C=O) groups is 1. The Balaban J connectivity index is 1.77. The molecule has 0 heterocycles. The zero-order valence-corrected chi connectivity index (χ0v) is 15.3. The molecule has 4 heteroatoms. The Labute approximate surface area is 158 Å². The minimum Gasteiger partial charge on any atom is -0.507 e. The summed E-state index contributed by atoms with van der Waals surface area (Å²) >= 11 is 0. The smallest absolute Gasteiger partial charge is 0.201 e. The maximum Gasteiger partial charge on any atom is 0.201 e. The number of carbonyl (C=O) groups excluding carboxylic acids is 1. The van der Waals surface area contributed by atoms with Crippen LogP contribution in [0.15, 0.2) is 54.6 Å². The van der Waals surface area contributed by atoms with Crippen LogP contribution in [0, 0.1) is 6.92 Å². The average Bonchev–Trinajstić information content (AvgIpc) is 2.66. The molecule has 1 aliphatic rings. The summed E-state index contributed by atoms with van der Waals surface area (Å²) in [5.74, 6) is 0.892. The zero-order chi connectivity index (χ0) is 19.0. The molecule has 0 saturated heterocycles. The lowest BCUT2D eigenvalue weighted by molar-refractivity contribution is 0.102. The van der Waals surface area contributed by atoms with Gasteiger partial charge in [-0.05, 0) is 41.8 Å². The molecule has 0 bridgehead atoms. The molecule has 136 valence electrons. The van der Waals surface area contributed by atoms with E-state index in [0.717, 1.165) is 22.3 Å². The first kappa shape index (κ1) is 17.2. The molecule has 0 unspecified atom stereocenters. The molecule has 0 saturated carbocycles. The first-order valence-electron chi connectivity index (χ1n) is 8.82. The topological polar surface area (TPSA) is 55.8 Å². The van der Waals surface area contributed by atoms with Gasteiger partial charge >= 0.3 is 0 Å². The molecular formula is C23H20O4. The van der Waals surface area contributed by atoms with Crippen molar-refractivity contribution in [1.29, 1.82) is 0 Å². The third-order valence-corrected chi connectivity index (χ3v) is 4.85. The van der Waals surface area contributed by atoms with Crippen molar-refractivity contribution >= 4 is 5.78 Å². The van der Waals surface area contributed by atoms with E-state index in [1.54, 1.807) is 13.2 Å². The Morgan fingerprint density at radius 2 is 1.78 bits per heavy atom. The van der Waals surface area contributed by atoms with Crippen LogP contribution >= 0.6 is 0 Å². The summed E-state index contributed by atoms with van der Waals surface area (Å²) in [6.07, 6.45) is 0.511. The Hall–Kier alpha value is -3.27. The van der Waals surface area contributed by atoms with Crippen molar-refractivity contribution in [3.63, 3.8) is 0 Å². The number of phenolic OH excluding ortho intramolecular Hbond substituents is 1. The molecule has 27 heavy (non-hydrogen) atoms. The number of methoxy groups -OCH3 is 1. The van der Waals surface area contributed by atoms with E-state index in [9.17, 15) is 9.90 Å². The van der Waals surface area contributed by atoms with Crippen LogP contribution in [-0.2, 0) is 13.0 Å². The molecular weight excluding hydrogens is 340 g/mol. The summed E-state index contributed by atoms with van der Waals surface area (Å²) < 4.78 is 11.4. The standard InChI is InChI=1S/C23H20O4/c1-14-10-16-12-17-19(26-2)9-8-18(24)22(17)23(25)21(16)20(11-14)27-13-15-6-4-3-5-7-15/h3-11,24H,12-13H2,1-2H3. The fourth-order valence-corrected chi connectivity index (χ4v) is 3.62. The summed E-state index contributed by atoms with van der Waals surface area (Å²) in [5, 5.41) is 10.3. The first-order chi connectivity index (χ1) is 13.1. The highest BCUT2D eigenvalue weighted by Gasteiger charge is 2.31. The van der Waals surface area contributed by atoms with Gasteiger partial charge in [0, 0.05) is 12.0 Å². The molecule has 1 N–H and O–H groups in total. The van der Waals surface area contributed by atoms with Crippen LogP contribution in [0.4, 0.5) is 0 Å². The van der Waals surface area contributed by atoms with Crippen molar-refractivity contribution in [2.75, 3.05) is 7.11 Å². The second-order valence-corrected chi connectivity index (χ2v) is 6.72.